The molecule has 1 aliphatic heterocycles. The highest BCUT2D eigenvalue weighted by molar-refractivity contribution is 5.81. The average molecular weight is 247 g/mol. The zero-order chi connectivity index (χ0) is 13.5. The van der Waals surface area contributed by atoms with E-state index in [0.717, 1.165) is 13.2 Å². The van der Waals surface area contributed by atoms with Gasteiger partial charge in [-0.1, -0.05) is 34.6 Å². The number of rotatable bonds is 0. The fourth-order valence-corrected chi connectivity index (χ4v) is 2.18. The predicted octanol–water partition coefficient (Wildman–Crippen LogP) is 4.85. The van der Waals surface area contributed by atoms with E-state index in [1.165, 1.54) is 22.0 Å². The van der Waals surface area contributed by atoms with Gasteiger partial charge in [-0.15, -0.1) is 0 Å². The van der Waals surface area contributed by atoms with E-state index in [0.29, 0.717) is 5.92 Å². The number of fused-ring (bicyclic) bond motifs is 2. The first-order valence-corrected chi connectivity index (χ1v) is 7.02. The largest absolute Gasteiger partial charge is 0.376 e. The normalized spacial score (nSPS) is 17.1. The summed E-state index contributed by atoms with van der Waals surface area (Å²) >= 11 is 0. The van der Waals surface area contributed by atoms with Gasteiger partial charge in [0, 0.05) is 17.6 Å². The SMILES string of the molecule is CC.CC.CC1COCc2cc3cc[nH]c3cc21. The van der Waals surface area contributed by atoms with Gasteiger partial charge in [0.1, 0.15) is 0 Å². The van der Waals surface area contributed by atoms with Gasteiger partial charge in [0.15, 0.2) is 0 Å². The Morgan fingerprint density at radius 1 is 1.17 bits per heavy atom. The molecular formula is C16H25NO. The molecule has 0 radical (unpaired) electrons. The van der Waals surface area contributed by atoms with Gasteiger partial charge in [0.25, 0.3) is 0 Å². The van der Waals surface area contributed by atoms with Crippen LogP contribution in [-0.2, 0) is 11.3 Å². The standard InChI is InChI=1S/C12H13NO.2C2H6/c1-8-6-14-7-10-4-9-2-3-13-12(9)5-11(8)10;2*1-2/h2-5,8,13H,6-7H2,1H3;2*1-2H3. The zero-order valence-corrected chi connectivity index (χ0v) is 12.2. The monoisotopic (exact) mass is 247 g/mol. The number of aromatic nitrogens is 1. The molecule has 1 aromatic heterocycles. The first-order valence-electron chi connectivity index (χ1n) is 7.02. The topological polar surface area (TPSA) is 25.0 Å². The summed E-state index contributed by atoms with van der Waals surface area (Å²) < 4.78 is 5.52. The molecule has 2 nitrogen and oxygen atoms in total. The van der Waals surface area contributed by atoms with Gasteiger partial charge in [-0.2, -0.15) is 0 Å². The van der Waals surface area contributed by atoms with Gasteiger partial charge in [0.05, 0.1) is 13.2 Å². The molecule has 100 valence electrons. The third kappa shape index (κ3) is 2.94. The smallest absolute Gasteiger partial charge is 0.0720 e. The molecule has 0 amide bonds. The summed E-state index contributed by atoms with van der Waals surface area (Å²) in [6.07, 6.45) is 1.99. The molecule has 1 aliphatic rings. The molecule has 3 rings (SSSR count). The average Bonchev–Trinajstić information content (AvgIpc) is 2.89. The highest BCUT2D eigenvalue weighted by Gasteiger charge is 2.17. The van der Waals surface area contributed by atoms with E-state index < -0.39 is 0 Å². The van der Waals surface area contributed by atoms with E-state index in [4.69, 9.17) is 4.74 Å². The Hall–Kier alpha value is -1.28. The maximum absolute atomic E-state index is 5.52. The Kier molecular flexibility index (Phi) is 5.93. The van der Waals surface area contributed by atoms with Crippen molar-refractivity contribution in [2.75, 3.05) is 6.61 Å². The van der Waals surface area contributed by atoms with E-state index in [1.54, 1.807) is 0 Å². The van der Waals surface area contributed by atoms with E-state index in [2.05, 4.69) is 30.1 Å². The van der Waals surface area contributed by atoms with Crippen molar-refractivity contribution in [2.45, 2.75) is 47.1 Å². The summed E-state index contributed by atoms with van der Waals surface area (Å²) in [6, 6.07) is 6.60. The molecule has 0 saturated heterocycles. The second kappa shape index (κ2) is 7.22. The molecule has 18 heavy (non-hydrogen) atoms. The number of hydrogen-bond acceptors (Lipinski definition) is 1. The molecule has 0 bridgehead atoms. The number of benzene rings is 1. The van der Waals surface area contributed by atoms with Gasteiger partial charge >= 0.3 is 0 Å². The van der Waals surface area contributed by atoms with Gasteiger partial charge in [-0.25, -0.2) is 0 Å². The lowest BCUT2D eigenvalue weighted by molar-refractivity contribution is 0.0952. The van der Waals surface area contributed by atoms with Crippen LogP contribution in [0.4, 0.5) is 0 Å². The summed E-state index contributed by atoms with van der Waals surface area (Å²) in [5, 5.41) is 1.28. The second-order valence-corrected chi connectivity index (χ2v) is 4.03. The van der Waals surface area contributed by atoms with Crippen LogP contribution in [0.5, 0.6) is 0 Å². The molecule has 2 heterocycles. The van der Waals surface area contributed by atoms with Crippen LogP contribution >= 0.6 is 0 Å². The van der Waals surface area contributed by atoms with Crippen molar-refractivity contribution in [3.05, 3.63) is 35.5 Å². The minimum Gasteiger partial charge on any atom is -0.376 e. The third-order valence-electron chi connectivity index (χ3n) is 2.97. The maximum atomic E-state index is 5.52. The summed E-state index contributed by atoms with van der Waals surface area (Å²) in [5.41, 5.74) is 4.01. The zero-order valence-electron chi connectivity index (χ0n) is 12.2. The molecular weight excluding hydrogens is 222 g/mol. The molecule has 0 aliphatic carbocycles. The number of ether oxygens (including phenoxy) is 1. The highest BCUT2D eigenvalue weighted by Crippen LogP contribution is 2.29. The second-order valence-electron chi connectivity index (χ2n) is 4.03. The number of nitrogens with one attached hydrogen (secondary N) is 1. The third-order valence-corrected chi connectivity index (χ3v) is 2.97. The molecule has 0 fully saturated rings. The van der Waals surface area contributed by atoms with Gasteiger partial charge in [0.2, 0.25) is 0 Å². The molecule has 1 atom stereocenters. The minimum absolute atomic E-state index is 0.520. The lowest BCUT2D eigenvalue weighted by Crippen LogP contribution is -2.13. The summed E-state index contributed by atoms with van der Waals surface area (Å²) in [5.74, 6) is 0.520. The van der Waals surface area contributed by atoms with Crippen molar-refractivity contribution in [1.82, 2.24) is 4.98 Å². The van der Waals surface area contributed by atoms with Crippen LogP contribution in [0.1, 0.15) is 51.7 Å². The Labute approximate surface area is 110 Å². The number of H-pyrrole nitrogens is 1. The molecule has 2 aromatic rings. The molecule has 1 aromatic carbocycles. The van der Waals surface area contributed by atoms with E-state index in [9.17, 15) is 0 Å². The lowest BCUT2D eigenvalue weighted by Gasteiger charge is -2.22. The van der Waals surface area contributed by atoms with Crippen molar-refractivity contribution in [3.8, 4) is 0 Å². The van der Waals surface area contributed by atoms with Crippen molar-refractivity contribution >= 4 is 10.9 Å². The minimum atomic E-state index is 0.520. The summed E-state index contributed by atoms with van der Waals surface area (Å²) in [4.78, 5) is 3.25. The Balaban J connectivity index is 0.000000371. The van der Waals surface area contributed by atoms with Crippen LogP contribution in [0.15, 0.2) is 24.4 Å². The van der Waals surface area contributed by atoms with Crippen molar-refractivity contribution < 1.29 is 4.74 Å². The molecule has 1 N–H and O–H groups in total. The number of hydrogen-bond donors (Lipinski definition) is 1. The Morgan fingerprint density at radius 2 is 1.89 bits per heavy atom. The Morgan fingerprint density at radius 3 is 2.61 bits per heavy atom. The van der Waals surface area contributed by atoms with Crippen molar-refractivity contribution in [3.63, 3.8) is 0 Å². The number of aromatic amines is 1. The molecule has 0 spiro atoms. The van der Waals surface area contributed by atoms with Gasteiger partial charge < -0.3 is 9.72 Å². The molecule has 0 saturated carbocycles. The quantitative estimate of drug-likeness (QED) is 0.707. The summed E-state index contributed by atoms with van der Waals surface area (Å²) in [6.45, 7) is 11.8. The van der Waals surface area contributed by atoms with Crippen LogP contribution in [0, 0.1) is 0 Å². The van der Waals surface area contributed by atoms with Gasteiger partial charge in [-0.3, -0.25) is 0 Å². The van der Waals surface area contributed by atoms with Crippen molar-refractivity contribution in [2.24, 2.45) is 0 Å². The maximum Gasteiger partial charge on any atom is 0.0720 e. The van der Waals surface area contributed by atoms with Crippen LogP contribution in [-0.4, -0.2) is 11.6 Å². The van der Waals surface area contributed by atoms with Crippen LogP contribution in [0.25, 0.3) is 10.9 Å². The van der Waals surface area contributed by atoms with E-state index >= 15 is 0 Å². The first kappa shape index (κ1) is 14.8. The van der Waals surface area contributed by atoms with E-state index in [-0.39, 0.29) is 0 Å². The fraction of sp³-hybridized carbons (Fsp3) is 0.500. The molecule has 2 heteroatoms. The molecule has 1 unspecified atom stereocenters. The first-order chi connectivity index (χ1) is 8.84. The van der Waals surface area contributed by atoms with Crippen LogP contribution in [0.3, 0.4) is 0 Å². The van der Waals surface area contributed by atoms with Gasteiger partial charge in [-0.05, 0) is 34.7 Å². The van der Waals surface area contributed by atoms with Crippen LogP contribution in [0.2, 0.25) is 0 Å². The Bertz CT molecular complexity index is 473. The van der Waals surface area contributed by atoms with E-state index in [1.807, 2.05) is 33.9 Å². The van der Waals surface area contributed by atoms with Crippen molar-refractivity contribution in [1.29, 1.82) is 0 Å². The van der Waals surface area contributed by atoms with Crippen LogP contribution < -0.4 is 0 Å². The fourth-order valence-electron chi connectivity index (χ4n) is 2.18. The lowest BCUT2D eigenvalue weighted by atomic mass is 9.93. The summed E-state index contributed by atoms with van der Waals surface area (Å²) in [7, 11) is 0. The predicted molar refractivity (Wildman–Crippen MR) is 79.1 cm³/mol. The highest BCUT2D eigenvalue weighted by atomic mass is 16.5.